The molecule has 1 atom stereocenters. The number of ether oxygens (including phenoxy) is 1. The van der Waals surface area contributed by atoms with Crippen molar-refractivity contribution in [3.8, 4) is 0 Å². The van der Waals surface area contributed by atoms with Crippen molar-refractivity contribution < 1.29 is 14.6 Å². The predicted octanol–water partition coefficient (Wildman–Crippen LogP) is -0.911. The van der Waals surface area contributed by atoms with E-state index in [0.717, 1.165) is 0 Å². The van der Waals surface area contributed by atoms with E-state index in [-0.39, 0.29) is 51.4 Å². The monoisotopic (exact) mass is 127 g/mol. The minimum atomic E-state index is -0.852. The van der Waals surface area contributed by atoms with Crippen molar-refractivity contribution in [2.75, 3.05) is 6.61 Å². The molecule has 1 N–H and O–H groups in total. The number of hydrogen-bond donors (Lipinski definition) is 1. The summed E-state index contributed by atoms with van der Waals surface area (Å²) in [7, 11) is 0. The molecule has 1 aliphatic rings. The van der Waals surface area contributed by atoms with Gasteiger partial charge in [0.05, 0.1) is 6.61 Å². The van der Waals surface area contributed by atoms with Gasteiger partial charge in [0.1, 0.15) is 0 Å². The number of epoxide rings is 1. The predicted molar refractivity (Wildman–Crippen MR) is 23.1 cm³/mol. The van der Waals surface area contributed by atoms with Crippen molar-refractivity contribution in [1.29, 1.82) is 0 Å². The molecule has 1 rings (SSSR count). The Morgan fingerprint density at radius 2 is 2.29 bits per heavy atom. The molecule has 1 unspecified atom stereocenters. The molecule has 0 aromatic rings. The largest absolute Gasteiger partial charge is 0.479 e. The van der Waals surface area contributed by atoms with E-state index in [2.05, 4.69) is 4.74 Å². The molecule has 1 radical (unpaired) electrons. The first-order valence-electron chi connectivity index (χ1n) is 1.65. The molecular formula is C3H4KO3. The zero-order valence-electron chi connectivity index (χ0n) is 4.05. The van der Waals surface area contributed by atoms with E-state index in [9.17, 15) is 4.79 Å². The smallest absolute Gasteiger partial charge is 0.335 e. The maximum atomic E-state index is 9.64. The van der Waals surface area contributed by atoms with Crippen LogP contribution in [-0.4, -0.2) is 75.2 Å². The van der Waals surface area contributed by atoms with E-state index in [1.165, 1.54) is 0 Å². The number of rotatable bonds is 1. The van der Waals surface area contributed by atoms with Crippen LogP contribution in [0.5, 0.6) is 0 Å². The second-order valence-electron chi connectivity index (χ2n) is 1.16. The summed E-state index contributed by atoms with van der Waals surface area (Å²) >= 11 is 0. The van der Waals surface area contributed by atoms with Crippen LogP contribution in [0.1, 0.15) is 0 Å². The molecular weight excluding hydrogens is 123 g/mol. The molecule has 35 valence electrons. The van der Waals surface area contributed by atoms with Gasteiger partial charge in [-0.05, 0) is 0 Å². The second kappa shape index (κ2) is 3.16. The van der Waals surface area contributed by atoms with Crippen LogP contribution in [0.2, 0.25) is 0 Å². The molecule has 7 heavy (non-hydrogen) atoms. The van der Waals surface area contributed by atoms with Crippen molar-refractivity contribution in [3.63, 3.8) is 0 Å². The van der Waals surface area contributed by atoms with Crippen molar-refractivity contribution in [1.82, 2.24) is 0 Å². The molecule has 0 saturated carbocycles. The van der Waals surface area contributed by atoms with Gasteiger partial charge in [0.2, 0.25) is 0 Å². The average molecular weight is 127 g/mol. The number of hydrogen-bond acceptors (Lipinski definition) is 2. The summed E-state index contributed by atoms with van der Waals surface area (Å²) in [5, 5.41) is 7.93. The van der Waals surface area contributed by atoms with Crippen LogP contribution in [0.4, 0.5) is 0 Å². The topological polar surface area (TPSA) is 49.8 Å². The molecule has 0 bridgehead atoms. The first-order valence-corrected chi connectivity index (χ1v) is 1.65. The maximum absolute atomic E-state index is 9.64. The maximum Gasteiger partial charge on any atom is 0.335 e. The first-order chi connectivity index (χ1) is 2.80. The third-order valence-corrected chi connectivity index (χ3v) is 0.609. The van der Waals surface area contributed by atoms with E-state index in [4.69, 9.17) is 5.11 Å². The molecule has 0 amide bonds. The zero-order chi connectivity index (χ0) is 4.57. The third kappa shape index (κ3) is 2.79. The Morgan fingerprint density at radius 3 is 2.29 bits per heavy atom. The minimum absolute atomic E-state index is 0. The Balaban J connectivity index is 0.000000360. The fourth-order valence-corrected chi connectivity index (χ4v) is 0.191. The van der Waals surface area contributed by atoms with Gasteiger partial charge in [0.15, 0.2) is 6.10 Å². The summed E-state index contributed by atoms with van der Waals surface area (Å²) in [5.41, 5.74) is 0. The van der Waals surface area contributed by atoms with E-state index >= 15 is 0 Å². The molecule has 1 fully saturated rings. The molecule has 0 aliphatic carbocycles. The van der Waals surface area contributed by atoms with Crippen molar-refractivity contribution in [2.45, 2.75) is 6.10 Å². The molecule has 0 aromatic heterocycles. The van der Waals surface area contributed by atoms with Gasteiger partial charge in [-0.25, -0.2) is 4.79 Å². The third-order valence-electron chi connectivity index (χ3n) is 0.609. The standard InChI is InChI=1S/C3H4O3.K/c4-3(5)2-1-6-2;/h2H,1H2,(H,4,5);. The molecule has 1 aliphatic heterocycles. The Morgan fingerprint density at radius 1 is 1.86 bits per heavy atom. The molecule has 0 spiro atoms. The van der Waals surface area contributed by atoms with E-state index in [0.29, 0.717) is 6.61 Å². The fraction of sp³-hybridized carbons (Fsp3) is 0.667. The molecule has 1 saturated heterocycles. The zero-order valence-corrected chi connectivity index (χ0v) is 7.17. The van der Waals surface area contributed by atoms with Gasteiger partial charge in [-0.15, -0.1) is 0 Å². The number of aliphatic carboxylic acids is 1. The van der Waals surface area contributed by atoms with Crippen LogP contribution in [-0.2, 0) is 9.53 Å². The van der Waals surface area contributed by atoms with E-state index < -0.39 is 12.1 Å². The van der Waals surface area contributed by atoms with Crippen molar-refractivity contribution in [2.24, 2.45) is 0 Å². The average Bonchev–Trinajstić information content (AvgIpc) is 2.06. The van der Waals surface area contributed by atoms with Crippen LogP contribution in [0.15, 0.2) is 0 Å². The van der Waals surface area contributed by atoms with Gasteiger partial charge in [-0.2, -0.15) is 0 Å². The van der Waals surface area contributed by atoms with Crippen molar-refractivity contribution >= 4 is 57.4 Å². The van der Waals surface area contributed by atoms with Gasteiger partial charge in [-0.3, -0.25) is 0 Å². The summed E-state index contributed by atoms with van der Waals surface area (Å²) in [6.45, 7) is 0.398. The molecule has 3 nitrogen and oxygen atoms in total. The van der Waals surface area contributed by atoms with Gasteiger partial charge in [-0.1, -0.05) is 0 Å². The number of carbonyl (C=O) groups is 1. The normalized spacial score (nSPS) is 25.4. The Kier molecular flexibility index (Phi) is 3.65. The van der Waals surface area contributed by atoms with Crippen LogP contribution < -0.4 is 0 Å². The Labute approximate surface area is 83.5 Å². The van der Waals surface area contributed by atoms with Crippen LogP contribution in [0.25, 0.3) is 0 Å². The summed E-state index contributed by atoms with van der Waals surface area (Å²) in [5.74, 6) is -0.852. The van der Waals surface area contributed by atoms with Crippen LogP contribution in [0.3, 0.4) is 0 Å². The second-order valence-corrected chi connectivity index (χ2v) is 1.16. The quantitative estimate of drug-likeness (QED) is 0.366. The van der Waals surface area contributed by atoms with E-state index in [1.807, 2.05) is 0 Å². The number of carboxylic acids is 1. The Hall–Kier alpha value is 1.07. The summed E-state index contributed by atoms with van der Waals surface area (Å²) in [6, 6.07) is 0. The summed E-state index contributed by atoms with van der Waals surface area (Å²) in [6.07, 6.45) is -0.481. The van der Waals surface area contributed by atoms with Gasteiger partial charge in [0.25, 0.3) is 0 Å². The SMILES string of the molecule is O=C(O)C1CO1.[K]. The minimum Gasteiger partial charge on any atom is -0.479 e. The summed E-state index contributed by atoms with van der Waals surface area (Å²) in [4.78, 5) is 9.64. The molecule has 0 aromatic carbocycles. The first kappa shape index (κ1) is 8.07. The molecule has 4 heteroatoms. The molecule has 1 heterocycles. The van der Waals surface area contributed by atoms with E-state index in [1.54, 1.807) is 0 Å². The summed E-state index contributed by atoms with van der Waals surface area (Å²) < 4.78 is 4.37. The Bertz CT molecular complexity index is 78.2. The fourth-order valence-electron chi connectivity index (χ4n) is 0.191. The van der Waals surface area contributed by atoms with Gasteiger partial charge in [0, 0.05) is 51.4 Å². The van der Waals surface area contributed by atoms with Gasteiger partial charge < -0.3 is 9.84 Å². The van der Waals surface area contributed by atoms with Crippen molar-refractivity contribution in [3.05, 3.63) is 0 Å². The van der Waals surface area contributed by atoms with Gasteiger partial charge >= 0.3 is 5.97 Å². The number of carboxylic acid groups (broad SMARTS) is 1. The van der Waals surface area contributed by atoms with Crippen LogP contribution >= 0.6 is 0 Å². The van der Waals surface area contributed by atoms with Crippen LogP contribution in [0, 0.1) is 0 Å².